The Morgan fingerprint density at radius 1 is 1.10 bits per heavy atom. The normalized spacial score (nSPS) is 11.1. The molecule has 0 amide bonds. The van der Waals surface area contributed by atoms with Crippen LogP contribution in [0.15, 0.2) is 30.3 Å². The van der Waals surface area contributed by atoms with E-state index in [-0.39, 0.29) is 6.61 Å². The van der Waals surface area contributed by atoms with Crippen LogP contribution >= 0.6 is 0 Å². The topological polar surface area (TPSA) is 44.5 Å². The first-order valence-electron chi connectivity index (χ1n) is 7.15. The molecule has 1 heterocycles. The number of aryl methyl sites for hydroxylation is 1. The maximum absolute atomic E-state index is 9.70. The molecule has 0 bridgehead atoms. The summed E-state index contributed by atoms with van der Waals surface area (Å²) in [7, 11) is 6.15. The molecule has 5 heteroatoms. The minimum absolute atomic E-state index is 0.000302. The second-order valence-corrected chi connectivity index (χ2v) is 5.52. The van der Waals surface area contributed by atoms with Gasteiger partial charge in [0.25, 0.3) is 0 Å². The van der Waals surface area contributed by atoms with Crippen molar-refractivity contribution in [1.82, 2.24) is 14.7 Å². The monoisotopic (exact) mass is 288 g/mol. The van der Waals surface area contributed by atoms with Crippen LogP contribution in [0.4, 0.5) is 5.82 Å². The molecule has 2 aromatic rings. The Balaban J connectivity index is 2.42. The highest BCUT2D eigenvalue weighted by Gasteiger charge is 2.19. The van der Waals surface area contributed by atoms with Gasteiger partial charge in [0.2, 0.25) is 0 Å². The number of para-hydroxylation sites is 1. The molecule has 0 atom stereocenters. The number of aliphatic hydroxyl groups excluding tert-OH is 1. The van der Waals surface area contributed by atoms with Gasteiger partial charge in [-0.2, -0.15) is 5.10 Å². The van der Waals surface area contributed by atoms with Crippen molar-refractivity contribution in [2.75, 3.05) is 39.1 Å². The van der Waals surface area contributed by atoms with Gasteiger partial charge in [-0.05, 0) is 33.2 Å². The number of aromatic nitrogens is 2. The number of hydrogen-bond donors (Lipinski definition) is 1. The summed E-state index contributed by atoms with van der Waals surface area (Å²) >= 11 is 0. The van der Waals surface area contributed by atoms with Crippen LogP contribution in [0, 0.1) is 6.92 Å². The first kappa shape index (κ1) is 15.5. The molecule has 0 aliphatic rings. The average molecular weight is 288 g/mol. The number of nitrogens with zero attached hydrogens (tertiary/aromatic N) is 4. The maximum Gasteiger partial charge on any atom is 0.137 e. The van der Waals surface area contributed by atoms with Crippen LogP contribution in [0.2, 0.25) is 0 Å². The molecule has 0 aliphatic heterocycles. The van der Waals surface area contributed by atoms with Crippen molar-refractivity contribution >= 4 is 5.82 Å². The van der Waals surface area contributed by atoms with Crippen LogP contribution in [-0.2, 0) is 6.61 Å². The van der Waals surface area contributed by atoms with E-state index in [2.05, 4.69) is 29.0 Å². The standard InChI is InChI=1S/C16H24N4O/c1-13-15(12-21)16(19(4)11-10-18(2)3)20(17-13)14-8-6-5-7-9-14/h5-9,21H,10-12H2,1-4H3. The van der Waals surface area contributed by atoms with Crippen LogP contribution in [-0.4, -0.2) is 54.0 Å². The minimum Gasteiger partial charge on any atom is -0.391 e. The molecule has 0 aliphatic carbocycles. The molecule has 5 nitrogen and oxygen atoms in total. The van der Waals surface area contributed by atoms with Crippen LogP contribution in [0.1, 0.15) is 11.3 Å². The Bertz CT molecular complexity index is 577. The van der Waals surface area contributed by atoms with Crippen LogP contribution in [0.5, 0.6) is 0 Å². The van der Waals surface area contributed by atoms with Gasteiger partial charge >= 0.3 is 0 Å². The molecule has 1 N–H and O–H groups in total. The van der Waals surface area contributed by atoms with E-state index in [9.17, 15) is 5.11 Å². The Kier molecular flexibility index (Phi) is 4.98. The van der Waals surface area contributed by atoms with Gasteiger partial charge in [0, 0.05) is 25.7 Å². The first-order valence-corrected chi connectivity index (χ1v) is 7.15. The zero-order chi connectivity index (χ0) is 15.4. The Morgan fingerprint density at radius 3 is 2.33 bits per heavy atom. The van der Waals surface area contributed by atoms with Gasteiger partial charge < -0.3 is 14.9 Å². The summed E-state index contributed by atoms with van der Waals surface area (Å²) in [6, 6.07) is 10.0. The van der Waals surface area contributed by atoms with E-state index in [1.54, 1.807) is 0 Å². The van der Waals surface area contributed by atoms with Gasteiger partial charge in [-0.1, -0.05) is 18.2 Å². The predicted molar refractivity (Wildman–Crippen MR) is 86.0 cm³/mol. The highest BCUT2D eigenvalue weighted by molar-refractivity contribution is 5.54. The Morgan fingerprint density at radius 2 is 1.76 bits per heavy atom. The molecule has 0 unspecified atom stereocenters. The summed E-state index contributed by atoms with van der Waals surface area (Å²) in [6.45, 7) is 3.76. The third kappa shape index (κ3) is 3.43. The van der Waals surface area contributed by atoms with E-state index in [0.29, 0.717) is 0 Å². The second kappa shape index (κ2) is 6.74. The number of rotatable bonds is 6. The van der Waals surface area contributed by atoms with Crippen molar-refractivity contribution < 1.29 is 5.11 Å². The molecule has 0 saturated heterocycles. The lowest BCUT2D eigenvalue weighted by Gasteiger charge is -2.23. The summed E-state index contributed by atoms with van der Waals surface area (Å²) in [4.78, 5) is 4.30. The third-order valence-corrected chi connectivity index (χ3v) is 3.56. The van der Waals surface area contributed by atoms with E-state index in [1.807, 2.05) is 49.0 Å². The molecule has 114 valence electrons. The summed E-state index contributed by atoms with van der Waals surface area (Å²) < 4.78 is 1.91. The highest BCUT2D eigenvalue weighted by atomic mass is 16.3. The van der Waals surface area contributed by atoms with Gasteiger partial charge in [-0.25, -0.2) is 4.68 Å². The number of anilines is 1. The number of hydrogen-bond acceptors (Lipinski definition) is 4. The van der Waals surface area contributed by atoms with Crippen LogP contribution in [0.3, 0.4) is 0 Å². The Labute approximate surface area is 126 Å². The van der Waals surface area contributed by atoms with Crippen LogP contribution < -0.4 is 4.90 Å². The van der Waals surface area contributed by atoms with E-state index in [1.165, 1.54) is 0 Å². The lowest BCUT2D eigenvalue weighted by atomic mass is 10.2. The van der Waals surface area contributed by atoms with Gasteiger partial charge in [-0.3, -0.25) is 0 Å². The maximum atomic E-state index is 9.70. The largest absolute Gasteiger partial charge is 0.391 e. The third-order valence-electron chi connectivity index (χ3n) is 3.56. The van der Waals surface area contributed by atoms with E-state index in [0.717, 1.165) is 35.9 Å². The van der Waals surface area contributed by atoms with Gasteiger partial charge in [0.15, 0.2) is 0 Å². The SMILES string of the molecule is Cc1nn(-c2ccccc2)c(N(C)CCN(C)C)c1CO. The van der Waals surface area contributed by atoms with Gasteiger partial charge in [0.1, 0.15) is 5.82 Å². The molecule has 0 saturated carbocycles. The molecule has 1 aromatic heterocycles. The summed E-state index contributed by atoms with van der Waals surface area (Å²) in [5.41, 5.74) is 2.76. The van der Waals surface area contributed by atoms with Crippen molar-refractivity contribution in [1.29, 1.82) is 0 Å². The zero-order valence-corrected chi connectivity index (χ0v) is 13.2. The van der Waals surface area contributed by atoms with E-state index < -0.39 is 0 Å². The number of benzene rings is 1. The van der Waals surface area contributed by atoms with Gasteiger partial charge in [0.05, 0.1) is 18.0 Å². The lowest BCUT2D eigenvalue weighted by molar-refractivity contribution is 0.281. The molecule has 21 heavy (non-hydrogen) atoms. The molecular formula is C16H24N4O. The number of aliphatic hydroxyl groups is 1. The molecule has 1 aromatic carbocycles. The van der Waals surface area contributed by atoms with E-state index in [4.69, 9.17) is 0 Å². The van der Waals surface area contributed by atoms with Crippen molar-refractivity contribution in [3.8, 4) is 5.69 Å². The summed E-state index contributed by atoms with van der Waals surface area (Å²) in [5.74, 6) is 0.961. The molecule has 2 rings (SSSR count). The smallest absolute Gasteiger partial charge is 0.137 e. The molecule has 0 fully saturated rings. The Hall–Kier alpha value is -1.85. The predicted octanol–water partition coefficient (Wildman–Crippen LogP) is 1.67. The quantitative estimate of drug-likeness (QED) is 0.878. The summed E-state index contributed by atoms with van der Waals surface area (Å²) in [5, 5.41) is 14.3. The molecule has 0 spiro atoms. The van der Waals surface area contributed by atoms with Crippen molar-refractivity contribution in [2.24, 2.45) is 0 Å². The molecular weight excluding hydrogens is 264 g/mol. The van der Waals surface area contributed by atoms with Crippen molar-refractivity contribution in [3.63, 3.8) is 0 Å². The first-order chi connectivity index (χ1) is 10.0. The second-order valence-electron chi connectivity index (χ2n) is 5.52. The number of likely N-dealkylation sites (N-methyl/N-ethyl adjacent to an activating group) is 2. The summed E-state index contributed by atoms with van der Waals surface area (Å²) in [6.07, 6.45) is 0. The van der Waals surface area contributed by atoms with Crippen LogP contribution in [0.25, 0.3) is 5.69 Å². The fraction of sp³-hybridized carbons (Fsp3) is 0.438. The highest BCUT2D eigenvalue weighted by Crippen LogP contribution is 2.26. The van der Waals surface area contributed by atoms with E-state index >= 15 is 0 Å². The minimum atomic E-state index is 0.000302. The van der Waals surface area contributed by atoms with Gasteiger partial charge in [-0.15, -0.1) is 0 Å². The lowest BCUT2D eigenvalue weighted by Crippen LogP contribution is -2.30. The van der Waals surface area contributed by atoms with Crippen molar-refractivity contribution in [3.05, 3.63) is 41.6 Å². The zero-order valence-electron chi connectivity index (χ0n) is 13.2. The molecule has 0 radical (unpaired) electrons. The average Bonchev–Trinajstić information content (AvgIpc) is 2.82. The van der Waals surface area contributed by atoms with Crippen molar-refractivity contribution in [2.45, 2.75) is 13.5 Å². The fourth-order valence-electron chi connectivity index (χ4n) is 2.33. The fourth-order valence-corrected chi connectivity index (χ4v) is 2.33.